The summed E-state index contributed by atoms with van der Waals surface area (Å²) in [5.41, 5.74) is 0.204. The molecule has 2 aromatic rings. The Hall–Kier alpha value is -2.30. The molecule has 122 valence electrons. The van der Waals surface area contributed by atoms with Gasteiger partial charge >= 0.3 is 0 Å². The summed E-state index contributed by atoms with van der Waals surface area (Å²) >= 11 is 1.38. The first-order valence-corrected chi connectivity index (χ1v) is 8.87. The number of hydrogen-bond donors (Lipinski definition) is 2. The van der Waals surface area contributed by atoms with Gasteiger partial charge in [0.2, 0.25) is 10.0 Å². The van der Waals surface area contributed by atoms with E-state index in [0.29, 0.717) is 5.56 Å². The zero-order chi connectivity index (χ0) is 16.9. The fourth-order valence-electron chi connectivity index (χ4n) is 1.70. The van der Waals surface area contributed by atoms with Crippen LogP contribution in [0.2, 0.25) is 0 Å². The van der Waals surface area contributed by atoms with Crippen LogP contribution in [0.15, 0.2) is 46.0 Å². The second kappa shape index (κ2) is 7.31. The van der Waals surface area contributed by atoms with Crippen molar-refractivity contribution < 1.29 is 18.1 Å². The van der Waals surface area contributed by atoms with E-state index in [1.54, 1.807) is 16.8 Å². The summed E-state index contributed by atoms with van der Waals surface area (Å²) in [4.78, 5) is 21.5. The van der Waals surface area contributed by atoms with E-state index >= 15 is 0 Å². The maximum Gasteiger partial charge on any atom is 0.270 e. The summed E-state index contributed by atoms with van der Waals surface area (Å²) in [5.74, 6) is -0.291. The summed E-state index contributed by atoms with van der Waals surface area (Å²) in [6.45, 7) is 0.0732. The third-order valence-electron chi connectivity index (χ3n) is 2.82. The predicted molar refractivity (Wildman–Crippen MR) is 84.9 cm³/mol. The minimum Gasteiger partial charge on any atom is -0.351 e. The number of nitro groups is 1. The minimum atomic E-state index is -3.87. The highest BCUT2D eigenvalue weighted by molar-refractivity contribution is 7.89. The Balaban J connectivity index is 1.90. The molecule has 2 N–H and O–H groups in total. The molecule has 0 radical (unpaired) electrons. The molecule has 8 nitrogen and oxygen atoms in total. The van der Waals surface area contributed by atoms with Crippen molar-refractivity contribution in [2.24, 2.45) is 0 Å². The monoisotopic (exact) mass is 355 g/mol. The summed E-state index contributed by atoms with van der Waals surface area (Å²) in [6.07, 6.45) is 0. The molecular weight excluding hydrogens is 342 g/mol. The fourth-order valence-corrected chi connectivity index (χ4v) is 3.41. The highest BCUT2D eigenvalue weighted by Crippen LogP contribution is 2.16. The molecular formula is C13H13N3O5S2. The lowest BCUT2D eigenvalue weighted by Gasteiger charge is -2.07. The van der Waals surface area contributed by atoms with Gasteiger partial charge in [0.1, 0.15) is 0 Å². The summed E-state index contributed by atoms with van der Waals surface area (Å²) in [5, 5.41) is 16.7. The predicted octanol–water partition coefficient (Wildman–Crippen LogP) is 1.36. The van der Waals surface area contributed by atoms with Crippen molar-refractivity contribution in [3.63, 3.8) is 0 Å². The zero-order valence-electron chi connectivity index (χ0n) is 11.8. The third-order valence-corrected chi connectivity index (χ3v) is 4.97. The van der Waals surface area contributed by atoms with Gasteiger partial charge in [0, 0.05) is 36.2 Å². The molecule has 0 spiro atoms. The van der Waals surface area contributed by atoms with Crippen LogP contribution >= 0.6 is 11.3 Å². The first-order valence-electron chi connectivity index (χ1n) is 6.45. The van der Waals surface area contributed by atoms with Gasteiger partial charge in [-0.15, -0.1) is 0 Å². The van der Waals surface area contributed by atoms with Crippen molar-refractivity contribution in [2.75, 3.05) is 13.1 Å². The quantitative estimate of drug-likeness (QED) is 0.442. The molecule has 23 heavy (non-hydrogen) atoms. The number of rotatable bonds is 7. The maximum absolute atomic E-state index is 12.0. The van der Waals surface area contributed by atoms with Crippen LogP contribution in [0.1, 0.15) is 10.4 Å². The number of carbonyl (C=O) groups is 1. The number of carbonyl (C=O) groups excluding carboxylic acids is 1. The number of nitrogens with one attached hydrogen (secondary N) is 2. The maximum atomic E-state index is 12.0. The molecule has 0 aliphatic rings. The van der Waals surface area contributed by atoms with E-state index < -0.39 is 14.9 Å². The van der Waals surface area contributed by atoms with Crippen LogP contribution in [0, 0.1) is 10.1 Å². The molecule has 1 aromatic heterocycles. The average Bonchev–Trinajstić information content (AvgIpc) is 3.06. The number of sulfonamides is 1. The number of benzene rings is 1. The number of thiophene rings is 1. The van der Waals surface area contributed by atoms with E-state index in [4.69, 9.17) is 0 Å². The van der Waals surface area contributed by atoms with Crippen molar-refractivity contribution in [1.82, 2.24) is 10.0 Å². The zero-order valence-corrected chi connectivity index (χ0v) is 13.4. The van der Waals surface area contributed by atoms with Crippen LogP contribution in [0.3, 0.4) is 0 Å². The van der Waals surface area contributed by atoms with Crippen molar-refractivity contribution in [1.29, 1.82) is 0 Å². The van der Waals surface area contributed by atoms with Crippen molar-refractivity contribution in [3.05, 3.63) is 56.8 Å². The number of nitro benzene ring substituents is 1. The SMILES string of the molecule is O=C(NCCNS(=O)(=O)c1cccc([N+](=O)[O-])c1)c1ccsc1. The Labute approximate surface area is 136 Å². The lowest BCUT2D eigenvalue weighted by molar-refractivity contribution is -0.385. The van der Waals surface area contributed by atoms with E-state index in [0.717, 1.165) is 6.07 Å². The summed E-state index contributed by atoms with van der Waals surface area (Å²) < 4.78 is 26.4. The lowest BCUT2D eigenvalue weighted by atomic mass is 10.3. The molecule has 0 saturated heterocycles. The Morgan fingerprint density at radius 3 is 2.70 bits per heavy atom. The number of hydrogen-bond acceptors (Lipinski definition) is 6. The Kier molecular flexibility index (Phi) is 5.42. The van der Waals surface area contributed by atoms with Crippen LogP contribution in [0.5, 0.6) is 0 Å². The van der Waals surface area contributed by atoms with Crippen molar-refractivity contribution >= 4 is 33.0 Å². The van der Waals surface area contributed by atoms with Gasteiger partial charge in [-0.25, -0.2) is 13.1 Å². The van der Waals surface area contributed by atoms with Crippen LogP contribution in [-0.4, -0.2) is 32.3 Å². The normalized spacial score (nSPS) is 11.1. The second-order valence-electron chi connectivity index (χ2n) is 4.42. The molecule has 0 fully saturated rings. The van der Waals surface area contributed by atoms with Crippen LogP contribution < -0.4 is 10.0 Å². The standard InChI is InChI=1S/C13H13N3O5S2/c17-13(10-4-7-22-9-10)14-5-6-15-23(20,21)12-3-1-2-11(8-12)16(18)19/h1-4,7-9,15H,5-6H2,(H,14,17). The lowest BCUT2D eigenvalue weighted by Crippen LogP contribution is -2.34. The summed E-state index contributed by atoms with van der Waals surface area (Å²) in [6, 6.07) is 6.41. The smallest absolute Gasteiger partial charge is 0.270 e. The second-order valence-corrected chi connectivity index (χ2v) is 6.97. The molecule has 2 rings (SSSR count). The van der Waals surface area contributed by atoms with Crippen LogP contribution in [-0.2, 0) is 10.0 Å². The van der Waals surface area contributed by atoms with E-state index in [1.165, 1.54) is 29.5 Å². The minimum absolute atomic E-state index is 0.0269. The Bertz CT molecular complexity index is 803. The largest absolute Gasteiger partial charge is 0.351 e. The van der Waals surface area contributed by atoms with Gasteiger partial charge in [0.15, 0.2) is 0 Å². The van der Waals surface area contributed by atoms with Gasteiger partial charge in [0.25, 0.3) is 11.6 Å². The van der Waals surface area contributed by atoms with Gasteiger partial charge in [-0.3, -0.25) is 14.9 Å². The molecule has 0 bridgehead atoms. The first kappa shape index (κ1) is 17.1. The number of nitrogens with zero attached hydrogens (tertiary/aromatic N) is 1. The van der Waals surface area contributed by atoms with E-state index in [-0.39, 0.29) is 29.6 Å². The molecule has 0 aliphatic heterocycles. The highest BCUT2D eigenvalue weighted by atomic mass is 32.2. The highest BCUT2D eigenvalue weighted by Gasteiger charge is 2.17. The molecule has 1 aromatic carbocycles. The molecule has 1 heterocycles. The average molecular weight is 355 g/mol. The molecule has 0 aliphatic carbocycles. The number of amides is 1. The third kappa shape index (κ3) is 4.58. The molecule has 0 unspecified atom stereocenters. The Morgan fingerprint density at radius 2 is 2.04 bits per heavy atom. The Morgan fingerprint density at radius 1 is 1.26 bits per heavy atom. The van der Waals surface area contributed by atoms with Crippen molar-refractivity contribution in [3.8, 4) is 0 Å². The van der Waals surface area contributed by atoms with Crippen LogP contribution in [0.4, 0.5) is 5.69 Å². The van der Waals surface area contributed by atoms with E-state index in [2.05, 4.69) is 10.0 Å². The first-order chi connectivity index (χ1) is 10.9. The molecule has 0 atom stereocenters. The van der Waals surface area contributed by atoms with Gasteiger partial charge < -0.3 is 5.32 Å². The van der Waals surface area contributed by atoms with Gasteiger partial charge in [-0.05, 0) is 17.5 Å². The molecule has 10 heteroatoms. The van der Waals surface area contributed by atoms with E-state index in [9.17, 15) is 23.3 Å². The topological polar surface area (TPSA) is 118 Å². The number of non-ortho nitro benzene ring substituents is 1. The molecule has 1 amide bonds. The van der Waals surface area contributed by atoms with Gasteiger partial charge in [-0.2, -0.15) is 11.3 Å². The van der Waals surface area contributed by atoms with E-state index in [1.807, 2.05) is 0 Å². The van der Waals surface area contributed by atoms with Crippen LogP contribution in [0.25, 0.3) is 0 Å². The van der Waals surface area contributed by atoms with Crippen molar-refractivity contribution in [2.45, 2.75) is 4.90 Å². The van der Waals surface area contributed by atoms with Gasteiger partial charge in [-0.1, -0.05) is 6.07 Å². The fraction of sp³-hybridized carbons (Fsp3) is 0.154. The summed E-state index contributed by atoms with van der Waals surface area (Å²) in [7, 11) is -3.87. The van der Waals surface area contributed by atoms with Gasteiger partial charge in [0.05, 0.1) is 9.82 Å². The molecule has 0 saturated carbocycles.